The van der Waals surface area contributed by atoms with E-state index in [0.717, 1.165) is 6.42 Å². The number of amides is 2. The van der Waals surface area contributed by atoms with E-state index in [1.807, 2.05) is 32.0 Å². The number of ether oxygens (including phenoxy) is 1. The molecular formula is C21H30N2O4. The van der Waals surface area contributed by atoms with Crippen molar-refractivity contribution in [3.63, 3.8) is 0 Å². The van der Waals surface area contributed by atoms with Crippen LogP contribution < -0.4 is 5.32 Å². The van der Waals surface area contributed by atoms with Gasteiger partial charge in [0.2, 0.25) is 5.91 Å². The van der Waals surface area contributed by atoms with E-state index in [0.29, 0.717) is 18.5 Å². The first kappa shape index (κ1) is 20.9. The number of nitrogens with zero attached hydrogens (tertiary/aromatic N) is 1. The lowest BCUT2D eigenvalue weighted by molar-refractivity contribution is -0.134. The summed E-state index contributed by atoms with van der Waals surface area (Å²) in [6.07, 6.45) is 0.780. The summed E-state index contributed by atoms with van der Waals surface area (Å²) < 4.78 is 5.29. The van der Waals surface area contributed by atoms with Gasteiger partial charge in [-0.3, -0.25) is 9.59 Å². The summed E-state index contributed by atoms with van der Waals surface area (Å²) in [5.74, 6) is -0.415. The van der Waals surface area contributed by atoms with E-state index in [2.05, 4.69) is 5.32 Å². The molecule has 1 aliphatic heterocycles. The van der Waals surface area contributed by atoms with E-state index in [-0.39, 0.29) is 17.6 Å². The van der Waals surface area contributed by atoms with Gasteiger partial charge in [0.25, 0.3) is 0 Å². The van der Waals surface area contributed by atoms with Gasteiger partial charge in [-0.15, -0.1) is 0 Å². The smallest absolute Gasteiger partial charge is 0.408 e. The zero-order chi connectivity index (χ0) is 20.2. The van der Waals surface area contributed by atoms with Gasteiger partial charge < -0.3 is 15.0 Å². The molecule has 0 bridgehead atoms. The second-order valence-electron chi connectivity index (χ2n) is 8.29. The van der Waals surface area contributed by atoms with Crippen LogP contribution in [-0.4, -0.2) is 46.9 Å². The molecule has 1 fully saturated rings. The highest BCUT2D eigenvalue weighted by molar-refractivity contribution is 6.02. The summed E-state index contributed by atoms with van der Waals surface area (Å²) in [7, 11) is 0. The van der Waals surface area contributed by atoms with E-state index < -0.39 is 23.8 Å². The van der Waals surface area contributed by atoms with E-state index >= 15 is 0 Å². The summed E-state index contributed by atoms with van der Waals surface area (Å²) in [6, 6.07) is 7.80. The van der Waals surface area contributed by atoms with E-state index in [4.69, 9.17) is 4.74 Å². The lowest BCUT2D eigenvalue weighted by atomic mass is 9.99. The molecule has 1 aromatic rings. The average molecular weight is 374 g/mol. The van der Waals surface area contributed by atoms with Gasteiger partial charge in [-0.2, -0.15) is 0 Å². The summed E-state index contributed by atoms with van der Waals surface area (Å²) in [5, 5.41) is 2.69. The Labute approximate surface area is 161 Å². The standard InChI is InChI=1S/C21H30N2O4/c1-14(2)17(22-20(26)27-21(3,4)5)19(25)23-13-9-12-16(23)18(24)15-10-7-6-8-11-15/h6-8,10-11,14,16-17H,9,12-13H2,1-5H3,(H,22,26)/t16-,17-/m0/s1. The van der Waals surface area contributed by atoms with Crippen LogP contribution in [0.2, 0.25) is 0 Å². The molecule has 2 atom stereocenters. The van der Waals surface area contributed by atoms with Gasteiger partial charge in [0.15, 0.2) is 5.78 Å². The number of alkyl carbamates (subject to hydrolysis) is 1. The van der Waals surface area contributed by atoms with Crippen LogP contribution in [0.5, 0.6) is 0 Å². The summed E-state index contributed by atoms with van der Waals surface area (Å²) in [4.78, 5) is 39.8. The summed E-state index contributed by atoms with van der Waals surface area (Å²) in [6.45, 7) is 9.56. The Kier molecular flexibility index (Phi) is 6.63. The van der Waals surface area contributed by atoms with Crippen LogP contribution >= 0.6 is 0 Å². The van der Waals surface area contributed by atoms with Gasteiger partial charge in [-0.1, -0.05) is 44.2 Å². The average Bonchev–Trinajstić information content (AvgIpc) is 3.07. The fraction of sp³-hybridized carbons (Fsp3) is 0.571. The zero-order valence-corrected chi connectivity index (χ0v) is 16.8. The van der Waals surface area contributed by atoms with Crippen molar-refractivity contribution in [2.75, 3.05) is 6.54 Å². The Hall–Kier alpha value is -2.37. The predicted octanol–water partition coefficient (Wildman–Crippen LogP) is 3.41. The maximum atomic E-state index is 13.1. The number of nitrogens with one attached hydrogen (secondary N) is 1. The molecule has 2 rings (SSSR count). The normalized spacial score (nSPS) is 18.3. The third-order valence-corrected chi connectivity index (χ3v) is 4.50. The lowest BCUT2D eigenvalue weighted by Crippen LogP contribution is -2.54. The maximum absolute atomic E-state index is 13.1. The number of rotatable bonds is 5. The number of hydrogen-bond donors (Lipinski definition) is 1. The van der Waals surface area contributed by atoms with Crippen LogP contribution in [0.1, 0.15) is 57.8 Å². The Balaban J connectivity index is 2.14. The Morgan fingerprint density at radius 1 is 1.15 bits per heavy atom. The van der Waals surface area contributed by atoms with Gasteiger partial charge in [-0.05, 0) is 39.5 Å². The Bertz CT molecular complexity index is 679. The molecule has 2 amide bonds. The molecule has 1 aliphatic rings. The minimum absolute atomic E-state index is 0.0544. The first-order valence-corrected chi connectivity index (χ1v) is 9.49. The van der Waals surface area contributed by atoms with Gasteiger partial charge >= 0.3 is 6.09 Å². The number of benzene rings is 1. The molecule has 1 N–H and O–H groups in total. The molecule has 1 saturated heterocycles. The molecule has 0 radical (unpaired) electrons. The summed E-state index contributed by atoms with van der Waals surface area (Å²) in [5.41, 5.74) is -0.0444. The number of carbonyl (C=O) groups is 3. The molecule has 0 saturated carbocycles. The van der Waals surface area contributed by atoms with Crippen molar-refractivity contribution >= 4 is 17.8 Å². The molecule has 27 heavy (non-hydrogen) atoms. The van der Waals surface area contributed by atoms with Crippen LogP contribution in [-0.2, 0) is 9.53 Å². The van der Waals surface area contributed by atoms with Crippen LogP contribution in [0, 0.1) is 5.92 Å². The van der Waals surface area contributed by atoms with Gasteiger partial charge in [0.05, 0.1) is 6.04 Å². The third-order valence-electron chi connectivity index (χ3n) is 4.50. The van der Waals surface area contributed by atoms with Crippen molar-refractivity contribution in [2.45, 2.75) is 65.1 Å². The minimum atomic E-state index is -0.732. The van der Waals surface area contributed by atoms with Crippen LogP contribution in [0.4, 0.5) is 4.79 Å². The van der Waals surface area contributed by atoms with Crippen LogP contribution in [0.15, 0.2) is 30.3 Å². The van der Waals surface area contributed by atoms with Crippen molar-refractivity contribution in [2.24, 2.45) is 5.92 Å². The fourth-order valence-corrected chi connectivity index (χ4v) is 3.22. The molecule has 6 nitrogen and oxygen atoms in total. The number of likely N-dealkylation sites (tertiary alicyclic amines) is 1. The highest BCUT2D eigenvalue weighted by Gasteiger charge is 2.39. The minimum Gasteiger partial charge on any atom is -0.444 e. The molecule has 1 aromatic carbocycles. The first-order valence-electron chi connectivity index (χ1n) is 9.49. The van der Waals surface area contributed by atoms with Crippen molar-refractivity contribution in [1.29, 1.82) is 0 Å². The summed E-state index contributed by atoms with van der Waals surface area (Å²) >= 11 is 0. The van der Waals surface area contributed by atoms with Gasteiger partial charge in [-0.25, -0.2) is 4.79 Å². The number of hydrogen-bond acceptors (Lipinski definition) is 4. The molecule has 0 spiro atoms. The van der Waals surface area contributed by atoms with Crippen LogP contribution in [0.3, 0.4) is 0 Å². The molecule has 6 heteroatoms. The van der Waals surface area contributed by atoms with Crippen molar-refractivity contribution in [3.8, 4) is 0 Å². The lowest BCUT2D eigenvalue weighted by Gasteiger charge is -2.31. The first-order chi connectivity index (χ1) is 12.6. The third kappa shape index (κ3) is 5.55. The highest BCUT2D eigenvalue weighted by atomic mass is 16.6. The fourth-order valence-electron chi connectivity index (χ4n) is 3.22. The number of Topliss-reactive ketones (excluding diaryl/α,β-unsaturated/α-hetero) is 1. The van der Waals surface area contributed by atoms with Gasteiger partial charge in [0, 0.05) is 12.1 Å². The SMILES string of the molecule is CC(C)[C@H](NC(=O)OC(C)(C)C)C(=O)N1CCC[C@H]1C(=O)c1ccccc1. The predicted molar refractivity (Wildman–Crippen MR) is 104 cm³/mol. The maximum Gasteiger partial charge on any atom is 0.408 e. The van der Waals surface area contributed by atoms with E-state index in [9.17, 15) is 14.4 Å². The molecular weight excluding hydrogens is 344 g/mol. The number of ketones is 1. The van der Waals surface area contributed by atoms with Gasteiger partial charge in [0.1, 0.15) is 11.6 Å². The van der Waals surface area contributed by atoms with E-state index in [1.165, 1.54) is 0 Å². The van der Waals surface area contributed by atoms with Crippen molar-refractivity contribution in [3.05, 3.63) is 35.9 Å². The van der Waals surface area contributed by atoms with E-state index in [1.54, 1.807) is 37.8 Å². The second kappa shape index (κ2) is 8.55. The molecule has 0 aromatic heterocycles. The second-order valence-corrected chi connectivity index (χ2v) is 8.29. The molecule has 1 heterocycles. The monoisotopic (exact) mass is 374 g/mol. The largest absolute Gasteiger partial charge is 0.444 e. The number of carbonyl (C=O) groups excluding carboxylic acids is 3. The molecule has 0 aliphatic carbocycles. The molecule has 148 valence electrons. The highest BCUT2D eigenvalue weighted by Crippen LogP contribution is 2.23. The van der Waals surface area contributed by atoms with Crippen molar-refractivity contribution < 1.29 is 19.1 Å². The molecule has 0 unspecified atom stereocenters. The van der Waals surface area contributed by atoms with Crippen LogP contribution in [0.25, 0.3) is 0 Å². The Morgan fingerprint density at radius 3 is 2.33 bits per heavy atom. The topological polar surface area (TPSA) is 75.7 Å². The van der Waals surface area contributed by atoms with Crippen molar-refractivity contribution in [1.82, 2.24) is 10.2 Å². The zero-order valence-electron chi connectivity index (χ0n) is 16.8. The quantitative estimate of drug-likeness (QED) is 0.802. The Morgan fingerprint density at radius 2 is 1.78 bits per heavy atom.